The van der Waals surface area contributed by atoms with Crippen LogP contribution in [0.5, 0.6) is 0 Å². The minimum atomic E-state index is 0.114. The summed E-state index contributed by atoms with van der Waals surface area (Å²) in [6.45, 7) is 4.01. The van der Waals surface area contributed by atoms with E-state index in [1.54, 1.807) is 0 Å². The quantitative estimate of drug-likeness (QED) is 0.609. The van der Waals surface area contributed by atoms with Crippen LogP contribution in [0.15, 0.2) is 35.6 Å². The Balaban J connectivity index is 1.41. The molecule has 3 aromatic rings. The largest absolute Gasteiger partial charge is 0.378 e. The van der Waals surface area contributed by atoms with Crippen LogP contribution in [0.2, 0.25) is 0 Å². The molecule has 9 heteroatoms. The Hall–Kier alpha value is -2.36. The molecule has 5 rings (SSSR count). The first-order valence-electron chi connectivity index (χ1n) is 10.4. The molecule has 0 aliphatic carbocycles. The maximum atomic E-state index is 12.6. The highest BCUT2D eigenvalue weighted by Gasteiger charge is 2.24. The summed E-state index contributed by atoms with van der Waals surface area (Å²) < 4.78 is 13.3. The Morgan fingerprint density at radius 2 is 2.07 bits per heavy atom. The molecule has 2 aromatic heterocycles. The molecule has 1 amide bonds. The molecule has 2 aliphatic heterocycles. The smallest absolute Gasteiger partial charge is 0.233 e. The van der Waals surface area contributed by atoms with Gasteiger partial charge in [-0.3, -0.25) is 9.36 Å². The lowest BCUT2D eigenvalue weighted by Gasteiger charge is -2.26. The lowest BCUT2D eigenvalue weighted by Crippen LogP contribution is -2.41. The van der Waals surface area contributed by atoms with Gasteiger partial charge >= 0.3 is 0 Å². The molecule has 4 heterocycles. The van der Waals surface area contributed by atoms with Crippen molar-refractivity contribution in [3.63, 3.8) is 0 Å². The number of thioether (sulfide) groups is 1. The third-order valence-corrected chi connectivity index (χ3v) is 6.60. The highest BCUT2D eigenvalue weighted by atomic mass is 32.2. The number of hydrogen-bond donors (Lipinski definition) is 1. The summed E-state index contributed by atoms with van der Waals surface area (Å²) in [5, 5.41) is 10.8. The van der Waals surface area contributed by atoms with E-state index in [9.17, 15) is 4.79 Å². The van der Waals surface area contributed by atoms with E-state index in [4.69, 9.17) is 9.47 Å². The maximum absolute atomic E-state index is 12.6. The summed E-state index contributed by atoms with van der Waals surface area (Å²) in [4.78, 5) is 17.8. The molecule has 2 saturated heterocycles. The highest BCUT2D eigenvalue weighted by molar-refractivity contribution is 7.99. The Morgan fingerprint density at radius 1 is 1.20 bits per heavy atom. The number of aromatic amines is 1. The average molecular weight is 428 g/mol. The van der Waals surface area contributed by atoms with Crippen molar-refractivity contribution in [3.05, 3.63) is 30.5 Å². The van der Waals surface area contributed by atoms with Crippen LogP contribution in [0.4, 0.5) is 0 Å². The van der Waals surface area contributed by atoms with E-state index in [0.717, 1.165) is 46.9 Å². The molecule has 2 aliphatic rings. The number of amides is 1. The molecule has 2 fully saturated rings. The topological polar surface area (TPSA) is 85.3 Å². The van der Waals surface area contributed by atoms with Crippen molar-refractivity contribution in [1.29, 1.82) is 0 Å². The molecule has 0 bridgehead atoms. The molecular formula is C21H25N5O3S. The van der Waals surface area contributed by atoms with Crippen LogP contribution in [0.1, 0.15) is 12.8 Å². The number of ether oxygens (including phenoxy) is 2. The number of fused-ring (bicyclic) bond motifs is 1. The van der Waals surface area contributed by atoms with Crippen LogP contribution in [0.25, 0.3) is 22.3 Å². The number of morpholine rings is 1. The van der Waals surface area contributed by atoms with Gasteiger partial charge in [-0.1, -0.05) is 30.0 Å². The molecule has 0 radical (unpaired) electrons. The van der Waals surface area contributed by atoms with Crippen molar-refractivity contribution in [1.82, 2.24) is 24.6 Å². The van der Waals surface area contributed by atoms with Gasteiger partial charge in [0.2, 0.25) is 5.91 Å². The number of carbonyl (C=O) groups is 1. The number of carbonyl (C=O) groups excluding carboxylic acids is 1. The molecule has 0 saturated carbocycles. The first-order chi connectivity index (χ1) is 14.8. The second-order valence-electron chi connectivity index (χ2n) is 7.58. The van der Waals surface area contributed by atoms with Crippen LogP contribution in [-0.2, 0) is 20.8 Å². The highest BCUT2D eigenvalue weighted by Crippen LogP contribution is 2.31. The third kappa shape index (κ3) is 3.97. The fourth-order valence-electron chi connectivity index (χ4n) is 4.04. The molecule has 1 atom stereocenters. The van der Waals surface area contributed by atoms with E-state index in [1.807, 2.05) is 23.2 Å². The van der Waals surface area contributed by atoms with Gasteiger partial charge in [0.25, 0.3) is 0 Å². The van der Waals surface area contributed by atoms with Crippen molar-refractivity contribution < 1.29 is 14.3 Å². The van der Waals surface area contributed by atoms with Gasteiger partial charge in [-0.15, -0.1) is 10.2 Å². The number of nitrogens with zero attached hydrogens (tertiary/aromatic N) is 4. The molecule has 30 heavy (non-hydrogen) atoms. The minimum absolute atomic E-state index is 0.114. The number of aromatic nitrogens is 4. The van der Waals surface area contributed by atoms with Gasteiger partial charge < -0.3 is 19.4 Å². The van der Waals surface area contributed by atoms with Gasteiger partial charge in [0.15, 0.2) is 11.0 Å². The van der Waals surface area contributed by atoms with Crippen LogP contribution in [0, 0.1) is 0 Å². The Kier molecular flexibility index (Phi) is 5.74. The maximum Gasteiger partial charge on any atom is 0.233 e. The molecule has 0 spiro atoms. The normalized spacial score (nSPS) is 19.6. The predicted octanol–water partition coefficient (Wildman–Crippen LogP) is 2.56. The lowest BCUT2D eigenvalue weighted by atomic mass is 10.1. The van der Waals surface area contributed by atoms with Crippen LogP contribution < -0.4 is 0 Å². The number of para-hydroxylation sites is 1. The number of rotatable bonds is 6. The zero-order valence-electron chi connectivity index (χ0n) is 16.7. The van der Waals surface area contributed by atoms with Gasteiger partial charge in [0.1, 0.15) is 0 Å². The predicted molar refractivity (Wildman–Crippen MR) is 114 cm³/mol. The van der Waals surface area contributed by atoms with Crippen molar-refractivity contribution in [2.75, 3.05) is 38.7 Å². The number of hydrogen-bond acceptors (Lipinski definition) is 6. The summed E-state index contributed by atoms with van der Waals surface area (Å²) in [6.07, 6.45) is 4.24. The van der Waals surface area contributed by atoms with Crippen LogP contribution in [-0.4, -0.2) is 75.3 Å². The number of H-pyrrole nitrogens is 1. The van der Waals surface area contributed by atoms with Gasteiger partial charge in [-0.2, -0.15) is 0 Å². The lowest BCUT2D eigenvalue weighted by molar-refractivity contribution is -0.132. The summed E-state index contributed by atoms with van der Waals surface area (Å²) in [5.41, 5.74) is 2.08. The molecular weight excluding hydrogens is 402 g/mol. The molecule has 0 unspecified atom stereocenters. The van der Waals surface area contributed by atoms with Crippen LogP contribution >= 0.6 is 11.8 Å². The van der Waals surface area contributed by atoms with Gasteiger partial charge in [-0.25, -0.2) is 0 Å². The standard InChI is InChI=1S/C21H25N5O3S/c27-19(25-7-10-28-11-8-25)14-30-21-24-23-20(26(21)13-15-4-3-9-29-15)17-12-22-18-6-2-1-5-16(17)18/h1-2,5-6,12,15,22H,3-4,7-11,13-14H2/t15-/m1/s1. The van der Waals surface area contributed by atoms with Crippen LogP contribution in [0.3, 0.4) is 0 Å². The van der Waals surface area contributed by atoms with E-state index in [2.05, 4.69) is 31.9 Å². The fourth-order valence-corrected chi connectivity index (χ4v) is 4.89. The zero-order valence-corrected chi connectivity index (χ0v) is 17.6. The minimum Gasteiger partial charge on any atom is -0.378 e. The second kappa shape index (κ2) is 8.79. The Labute approximate surface area is 178 Å². The molecule has 158 valence electrons. The fraction of sp³-hybridized carbons (Fsp3) is 0.476. The van der Waals surface area contributed by atoms with Crippen molar-refractivity contribution in [3.8, 4) is 11.4 Å². The second-order valence-corrected chi connectivity index (χ2v) is 8.52. The molecule has 8 nitrogen and oxygen atoms in total. The first kappa shape index (κ1) is 19.6. The molecule has 1 aromatic carbocycles. The van der Waals surface area contributed by atoms with Crippen molar-refractivity contribution in [2.45, 2.75) is 30.6 Å². The number of benzene rings is 1. The monoisotopic (exact) mass is 427 g/mol. The zero-order chi connectivity index (χ0) is 20.3. The van der Waals surface area contributed by atoms with Crippen molar-refractivity contribution in [2.24, 2.45) is 0 Å². The summed E-state index contributed by atoms with van der Waals surface area (Å²) in [7, 11) is 0. The summed E-state index contributed by atoms with van der Waals surface area (Å²) >= 11 is 1.45. The van der Waals surface area contributed by atoms with E-state index < -0.39 is 0 Å². The van der Waals surface area contributed by atoms with Gasteiger partial charge in [-0.05, 0) is 18.9 Å². The first-order valence-corrected chi connectivity index (χ1v) is 11.4. The average Bonchev–Trinajstić information content (AvgIpc) is 3.53. The van der Waals surface area contributed by atoms with E-state index >= 15 is 0 Å². The summed E-state index contributed by atoms with van der Waals surface area (Å²) in [5.74, 6) is 1.27. The molecule has 1 N–H and O–H groups in total. The Morgan fingerprint density at radius 3 is 2.90 bits per heavy atom. The number of nitrogens with one attached hydrogen (secondary N) is 1. The Bertz CT molecular complexity index is 1020. The summed E-state index contributed by atoms with van der Waals surface area (Å²) in [6, 6.07) is 8.17. The van der Waals surface area contributed by atoms with E-state index in [1.165, 1.54) is 11.8 Å². The third-order valence-electron chi connectivity index (χ3n) is 5.65. The van der Waals surface area contributed by atoms with E-state index in [-0.39, 0.29) is 12.0 Å². The van der Waals surface area contributed by atoms with Gasteiger partial charge in [0, 0.05) is 42.4 Å². The van der Waals surface area contributed by atoms with Gasteiger partial charge in [0.05, 0.1) is 31.6 Å². The van der Waals surface area contributed by atoms with E-state index in [0.29, 0.717) is 38.6 Å². The SMILES string of the molecule is O=C(CSc1nnc(-c2c[nH]c3ccccc23)n1C[C@H]1CCCO1)N1CCOCC1. The van der Waals surface area contributed by atoms with Crippen molar-refractivity contribution >= 4 is 28.6 Å².